The topological polar surface area (TPSA) is 134 Å². The van der Waals surface area contributed by atoms with Crippen LogP contribution in [-0.4, -0.2) is 49.3 Å². The first kappa shape index (κ1) is 50.2. The molecule has 53 heavy (non-hydrogen) atoms. The van der Waals surface area contributed by atoms with E-state index in [1.165, 1.54) is 0 Å². The van der Waals surface area contributed by atoms with Crippen LogP contribution in [0.4, 0.5) is 0 Å². The molecule has 302 valence electrons. The second-order valence-electron chi connectivity index (χ2n) is 12.7. The lowest BCUT2D eigenvalue weighted by Gasteiger charge is -2.19. The van der Waals surface area contributed by atoms with Gasteiger partial charge in [-0.05, 0) is 83.5 Å². The van der Waals surface area contributed by atoms with Crippen LogP contribution in [0, 0.1) is 0 Å². The summed E-state index contributed by atoms with van der Waals surface area (Å²) >= 11 is 0. The summed E-state index contributed by atoms with van der Waals surface area (Å²) in [6.45, 7) is 3.43. The minimum atomic E-state index is -4.39. The van der Waals surface area contributed by atoms with Gasteiger partial charge >= 0.3 is 19.8 Å². The number of nitrogens with two attached hydrogens (primary N) is 1. The lowest BCUT2D eigenvalue weighted by molar-refractivity contribution is -0.161. The number of phosphoric ester groups is 1. The van der Waals surface area contributed by atoms with Crippen molar-refractivity contribution in [2.75, 3.05) is 26.4 Å². The van der Waals surface area contributed by atoms with Crippen molar-refractivity contribution in [1.29, 1.82) is 0 Å². The summed E-state index contributed by atoms with van der Waals surface area (Å²) in [7, 11) is -4.39. The summed E-state index contributed by atoms with van der Waals surface area (Å²) in [5.41, 5.74) is 5.33. The molecular weight excluding hydrogens is 689 g/mol. The second kappa shape index (κ2) is 38.9. The molecule has 0 saturated carbocycles. The maximum absolute atomic E-state index is 12.6. The average Bonchev–Trinajstić information content (AvgIpc) is 3.14. The van der Waals surface area contributed by atoms with Crippen molar-refractivity contribution in [3.05, 3.63) is 85.1 Å². The van der Waals surface area contributed by atoms with Gasteiger partial charge in [0.25, 0.3) is 0 Å². The zero-order valence-corrected chi connectivity index (χ0v) is 33.9. The fourth-order valence-electron chi connectivity index (χ4n) is 4.87. The molecule has 0 aromatic rings. The number of esters is 2. The summed E-state index contributed by atoms with van der Waals surface area (Å²) < 4.78 is 32.7. The van der Waals surface area contributed by atoms with Crippen molar-refractivity contribution in [1.82, 2.24) is 0 Å². The Labute approximate surface area is 322 Å². The summed E-state index contributed by atoms with van der Waals surface area (Å²) in [5, 5.41) is 0. The Morgan fingerprint density at radius 2 is 0.981 bits per heavy atom. The predicted molar refractivity (Wildman–Crippen MR) is 219 cm³/mol. The van der Waals surface area contributed by atoms with E-state index in [-0.39, 0.29) is 32.6 Å². The highest BCUT2D eigenvalue weighted by molar-refractivity contribution is 7.47. The third kappa shape index (κ3) is 38.7. The number of carbonyl (C=O) groups is 2. The normalized spacial score (nSPS) is 14.3. The van der Waals surface area contributed by atoms with E-state index in [0.717, 1.165) is 103 Å². The Balaban J connectivity index is 4.29. The van der Waals surface area contributed by atoms with Crippen LogP contribution < -0.4 is 5.73 Å². The number of ether oxygens (including phenoxy) is 2. The number of hydrogen-bond donors (Lipinski definition) is 2. The molecule has 0 amide bonds. The van der Waals surface area contributed by atoms with Crippen LogP contribution in [0.3, 0.4) is 0 Å². The molecule has 0 fully saturated rings. The van der Waals surface area contributed by atoms with Gasteiger partial charge in [-0.1, -0.05) is 131 Å². The number of rotatable bonds is 36. The van der Waals surface area contributed by atoms with Gasteiger partial charge in [-0.3, -0.25) is 18.6 Å². The first-order valence-corrected chi connectivity index (χ1v) is 21.6. The van der Waals surface area contributed by atoms with Crippen molar-refractivity contribution in [3.8, 4) is 0 Å². The van der Waals surface area contributed by atoms with E-state index in [1.807, 2.05) is 0 Å². The second-order valence-corrected chi connectivity index (χ2v) is 14.2. The lowest BCUT2D eigenvalue weighted by atomic mass is 10.1. The zero-order valence-electron chi connectivity index (χ0n) is 33.0. The molecule has 0 aliphatic heterocycles. The van der Waals surface area contributed by atoms with Gasteiger partial charge in [0, 0.05) is 19.4 Å². The van der Waals surface area contributed by atoms with E-state index in [0.29, 0.717) is 12.8 Å². The van der Waals surface area contributed by atoms with Crippen LogP contribution in [0.25, 0.3) is 0 Å². The molecule has 0 heterocycles. The molecule has 10 heteroatoms. The molecule has 2 atom stereocenters. The van der Waals surface area contributed by atoms with Crippen molar-refractivity contribution in [2.24, 2.45) is 5.73 Å². The number of allylic oxidation sites excluding steroid dienone is 14. The summed E-state index contributed by atoms with van der Waals surface area (Å²) in [4.78, 5) is 34.8. The third-order valence-electron chi connectivity index (χ3n) is 7.78. The fourth-order valence-corrected chi connectivity index (χ4v) is 5.64. The number of phosphoric acid groups is 1. The number of hydrogen-bond acceptors (Lipinski definition) is 8. The molecule has 0 aromatic heterocycles. The van der Waals surface area contributed by atoms with E-state index < -0.39 is 32.5 Å². The summed E-state index contributed by atoms with van der Waals surface area (Å²) in [6.07, 6.45) is 47.5. The fraction of sp³-hybridized carbons (Fsp3) is 0.628. The molecule has 0 rings (SSSR count). The van der Waals surface area contributed by atoms with Crippen LogP contribution in [0.2, 0.25) is 0 Å². The van der Waals surface area contributed by atoms with Gasteiger partial charge in [0.15, 0.2) is 6.10 Å². The zero-order chi connectivity index (χ0) is 38.9. The Morgan fingerprint density at radius 1 is 0.566 bits per heavy atom. The molecule has 2 unspecified atom stereocenters. The van der Waals surface area contributed by atoms with E-state index in [2.05, 4.69) is 98.9 Å². The van der Waals surface area contributed by atoms with Crippen LogP contribution in [0.5, 0.6) is 0 Å². The Morgan fingerprint density at radius 3 is 1.45 bits per heavy atom. The quantitative estimate of drug-likeness (QED) is 0.0277. The SMILES string of the molecule is CC/C=C\C/C=C\C/C=C\C/C=C\CCCCCCC(=O)OC(COC(=O)CCCCCCC/C=C\C/C=C\C/C=C\CC)COP(=O)(O)OCCN. The van der Waals surface area contributed by atoms with Gasteiger partial charge in [0.05, 0.1) is 13.2 Å². The van der Waals surface area contributed by atoms with Gasteiger partial charge in [0.2, 0.25) is 0 Å². The summed E-state index contributed by atoms with van der Waals surface area (Å²) in [6, 6.07) is 0. The first-order chi connectivity index (χ1) is 25.8. The van der Waals surface area contributed by atoms with Gasteiger partial charge in [-0.25, -0.2) is 4.57 Å². The third-order valence-corrected chi connectivity index (χ3v) is 8.76. The van der Waals surface area contributed by atoms with Gasteiger partial charge in [-0.15, -0.1) is 0 Å². The monoisotopic (exact) mass is 761 g/mol. The predicted octanol–water partition coefficient (Wildman–Crippen LogP) is 11.3. The maximum atomic E-state index is 12.6. The largest absolute Gasteiger partial charge is 0.472 e. The molecule has 0 spiro atoms. The molecule has 3 N–H and O–H groups in total. The average molecular weight is 762 g/mol. The minimum Gasteiger partial charge on any atom is -0.462 e. The van der Waals surface area contributed by atoms with Crippen LogP contribution >= 0.6 is 7.82 Å². The minimum absolute atomic E-state index is 0.0415. The van der Waals surface area contributed by atoms with Gasteiger partial charge < -0.3 is 20.1 Å². The highest BCUT2D eigenvalue weighted by Crippen LogP contribution is 2.43. The molecule has 9 nitrogen and oxygen atoms in total. The molecule has 0 aliphatic carbocycles. The number of carbonyl (C=O) groups excluding carboxylic acids is 2. The van der Waals surface area contributed by atoms with Crippen molar-refractivity contribution in [2.45, 2.75) is 148 Å². The maximum Gasteiger partial charge on any atom is 0.472 e. The Kier molecular flexibility index (Phi) is 36.8. The molecule has 0 aromatic carbocycles. The molecule has 0 aliphatic rings. The van der Waals surface area contributed by atoms with E-state index in [4.69, 9.17) is 24.3 Å². The smallest absolute Gasteiger partial charge is 0.462 e. The van der Waals surface area contributed by atoms with Crippen molar-refractivity contribution in [3.63, 3.8) is 0 Å². The highest BCUT2D eigenvalue weighted by Gasteiger charge is 2.25. The first-order valence-electron chi connectivity index (χ1n) is 20.1. The Bertz CT molecular complexity index is 1140. The van der Waals surface area contributed by atoms with Crippen LogP contribution in [0.15, 0.2) is 85.1 Å². The van der Waals surface area contributed by atoms with E-state index in [1.54, 1.807) is 0 Å². The van der Waals surface area contributed by atoms with Crippen molar-refractivity contribution < 1.29 is 37.6 Å². The molecule has 0 radical (unpaired) electrons. The Hall–Kier alpha value is -2.81. The van der Waals surface area contributed by atoms with E-state index in [9.17, 15) is 19.0 Å². The molecule has 0 bridgehead atoms. The van der Waals surface area contributed by atoms with E-state index >= 15 is 0 Å². The van der Waals surface area contributed by atoms with Gasteiger partial charge in [0.1, 0.15) is 6.61 Å². The van der Waals surface area contributed by atoms with Crippen LogP contribution in [-0.2, 0) is 32.7 Å². The molecular formula is C43H72NO8P. The van der Waals surface area contributed by atoms with Gasteiger partial charge in [-0.2, -0.15) is 0 Å². The van der Waals surface area contributed by atoms with Crippen molar-refractivity contribution >= 4 is 19.8 Å². The lowest BCUT2D eigenvalue weighted by Crippen LogP contribution is -2.29. The number of unbranched alkanes of at least 4 members (excludes halogenated alkanes) is 9. The summed E-state index contributed by atoms with van der Waals surface area (Å²) in [5.74, 6) is -0.887. The highest BCUT2D eigenvalue weighted by atomic mass is 31.2. The molecule has 0 saturated heterocycles. The standard InChI is InChI=1S/C43H72NO8P/c1-3-5-7-9-11-13-15-17-19-20-22-24-26-28-30-32-34-36-43(46)52-41(40-51-53(47,48)50-38-37-44)39-49-42(45)35-33-31-29-27-25-23-21-18-16-14-12-10-8-6-4-2/h5-8,11-14,17-19,21-22,24,41H,3-4,9-10,15-16,20,23,25-40,44H2,1-2H3,(H,47,48)/b7-5-,8-6-,13-11-,14-12-,19-17-,21-18-,24-22-. The van der Waals surface area contributed by atoms with Crippen LogP contribution in [0.1, 0.15) is 142 Å².